The highest BCUT2D eigenvalue weighted by Crippen LogP contribution is 2.27. The van der Waals surface area contributed by atoms with Crippen LogP contribution >= 0.6 is 0 Å². The Kier molecular flexibility index (Phi) is 8.44. The van der Waals surface area contributed by atoms with E-state index in [1.165, 1.54) is 6.07 Å². The van der Waals surface area contributed by atoms with Gasteiger partial charge in [-0.1, -0.05) is 12.1 Å². The molecule has 8 nitrogen and oxygen atoms in total. The molecule has 0 bridgehead atoms. The van der Waals surface area contributed by atoms with E-state index in [1.54, 1.807) is 12.1 Å². The SMILES string of the molecule is CS(=O)(=O)NC1CCCN(C(=O)C2CCOCC2)C1COC1CCN(c2ccccc2F)CC1. The molecule has 1 aromatic rings. The fraction of sp³-hybridized carbons (Fsp3) is 0.708. The Morgan fingerprint density at radius 1 is 1.12 bits per heavy atom. The molecule has 0 aliphatic carbocycles. The van der Waals surface area contributed by atoms with E-state index in [0.29, 0.717) is 57.8 Å². The zero-order valence-electron chi connectivity index (χ0n) is 19.8. The van der Waals surface area contributed by atoms with Crippen molar-refractivity contribution in [2.45, 2.75) is 56.7 Å². The van der Waals surface area contributed by atoms with Gasteiger partial charge >= 0.3 is 0 Å². The number of piperidine rings is 2. The van der Waals surface area contributed by atoms with E-state index < -0.39 is 10.0 Å². The lowest BCUT2D eigenvalue weighted by molar-refractivity contribution is -0.145. The summed E-state index contributed by atoms with van der Waals surface area (Å²) in [6.45, 7) is 3.43. The number of sulfonamides is 1. The third-order valence-corrected chi connectivity index (χ3v) is 7.87. The first-order valence-electron chi connectivity index (χ1n) is 12.3. The molecule has 1 aromatic carbocycles. The first-order valence-corrected chi connectivity index (χ1v) is 14.2. The Morgan fingerprint density at radius 3 is 2.50 bits per heavy atom. The summed E-state index contributed by atoms with van der Waals surface area (Å²) in [5, 5.41) is 0. The minimum atomic E-state index is -3.42. The number of ether oxygens (including phenoxy) is 2. The monoisotopic (exact) mass is 497 g/mol. The normalized spacial score (nSPS) is 25.5. The van der Waals surface area contributed by atoms with Crippen molar-refractivity contribution in [3.05, 3.63) is 30.1 Å². The predicted molar refractivity (Wildman–Crippen MR) is 128 cm³/mol. The Labute approximate surface area is 201 Å². The number of hydrogen-bond acceptors (Lipinski definition) is 6. The number of carbonyl (C=O) groups excluding carboxylic acids is 1. The van der Waals surface area contributed by atoms with Crippen LogP contribution in [0.3, 0.4) is 0 Å². The summed E-state index contributed by atoms with van der Waals surface area (Å²) in [6.07, 6.45) is 5.46. The molecule has 0 saturated carbocycles. The van der Waals surface area contributed by atoms with Gasteiger partial charge in [0.1, 0.15) is 5.82 Å². The molecule has 0 aromatic heterocycles. The smallest absolute Gasteiger partial charge is 0.226 e. The molecule has 3 saturated heterocycles. The Morgan fingerprint density at radius 2 is 1.82 bits per heavy atom. The lowest BCUT2D eigenvalue weighted by Crippen LogP contribution is -2.60. The zero-order valence-corrected chi connectivity index (χ0v) is 20.6. The maximum atomic E-state index is 14.1. The summed E-state index contributed by atoms with van der Waals surface area (Å²) in [7, 11) is -3.42. The third-order valence-electron chi connectivity index (χ3n) is 7.14. The van der Waals surface area contributed by atoms with Crippen LogP contribution in [-0.4, -0.2) is 83.1 Å². The van der Waals surface area contributed by atoms with Crippen molar-refractivity contribution in [3.8, 4) is 0 Å². The molecule has 1 amide bonds. The quantitative estimate of drug-likeness (QED) is 0.621. The van der Waals surface area contributed by atoms with Crippen LogP contribution in [0, 0.1) is 11.7 Å². The molecule has 34 heavy (non-hydrogen) atoms. The second-order valence-corrected chi connectivity index (χ2v) is 11.4. The summed E-state index contributed by atoms with van der Waals surface area (Å²) in [6, 6.07) is 6.07. The Balaban J connectivity index is 1.39. The van der Waals surface area contributed by atoms with Crippen LogP contribution in [0.25, 0.3) is 0 Å². The van der Waals surface area contributed by atoms with Gasteiger partial charge in [0.25, 0.3) is 0 Å². The van der Waals surface area contributed by atoms with Gasteiger partial charge in [0.05, 0.1) is 30.7 Å². The van der Waals surface area contributed by atoms with Gasteiger partial charge < -0.3 is 19.3 Å². The molecular formula is C24H36FN3O5S. The van der Waals surface area contributed by atoms with Crippen molar-refractivity contribution in [2.24, 2.45) is 5.92 Å². The number of nitrogens with one attached hydrogen (secondary N) is 1. The number of halogens is 1. The number of rotatable bonds is 7. The summed E-state index contributed by atoms with van der Waals surface area (Å²) in [5.41, 5.74) is 0.610. The lowest BCUT2D eigenvalue weighted by Gasteiger charge is -2.44. The van der Waals surface area contributed by atoms with Gasteiger partial charge in [0, 0.05) is 44.8 Å². The number of benzene rings is 1. The zero-order chi connectivity index (χ0) is 24.1. The highest BCUT2D eigenvalue weighted by atomic mass is 32.2. The number of amides is 1. The first kappa shape index (κ1) is 25.3. The minimum Gasteiger partial charge on any atom is -0.381 e. The molecule has 3 fully saturated rings. The summed E-state index contributed by atoms with van der Waals surface area (Å²) in [4.78, 5) is 17.2. The van der Waals surface area contributed by atoms with Gasteiger partial charge in [-0.2, -0.15) is 0 Å². The van der Waals surface area contributed by atoms with Crippen molar-refractivity contribution in [1.82, 2.24) is 9.62 Å². The van der Waals surface area contributed by atoms with Gasteiger partial charge in [-0.15, -0.1) is 0 Å². The summed E-state index contributed by atoms with van der Waals surface area (Å²) < 4.78 is 52.6. The maximum absolute atomic E-state index is 14.1. The van der Waals surface area contributed by atoms with E-state index in [2.05, 4.69) is 4.72 Å². The van der Waals surface area contributed by atoms with Gasteiger partial charge in [-0.3, -0.25) is 4.79 Å². The summed E-state index contributed by atoms with van der Waals surface area (Å²) in [5.74, 6) is -0.232. The molecule has 190 valence electrons. The van der Waals surface area contributed by atoms with Crippen molar-refractivity contribution in [1.29, 1.82) is 0 Å². The molecule has 3 aliphatic rings. The topological polar surface area (TPSA) is 88.2 Å². The number of likely N-dealkylation sites (tertiary alicyclic amines) is 1. The molecular weight excluding hydrogens is 461 g/mol. The number of hydrogen-bond donors (Lipinski definition) is 1. The standard InChI is InChI=1S/C24H36FN3O5S/c1-34(30,31)26-21-6-4-12-28(24(29)18-10-15-32-16-11-18)23(21)17-33-19-8-13-27(14-9-19)22-7-3-2-5-20(22)25/h2-3,5,7,18-19,21,23,26H,4,6,8-17H2,1H3. The van der Waals surface area contributed by atoms with Crippen LogP contribution in [0.2, 0.25) is 0 Å². The van der Waals surface area contributed by atoms with Crippen molar-refractivity contribution >= 4 is 21.6 Å². The predicted octanol–water partition coefficient (Wildman–Crippen LogP) is 2.15. The van der Waals surface area contributed by atoms with E-state index >= 15 is 0 Å². The number of para-hydroxylation sites is 1. The molecule has 0 radical (unpaired) electrons. The average Bonchev–Trinajstić information content (AvgIpc) is 2.83. The first-order chi connectivity index (χ1) is 16.3. The van der Waals surface area contributed by atoms with Crippen LogP contribution in [0.1, 0.15) is 38.5 Å². The van der Waals surface area contributed by atoms with E-state index in [0.717, 1.165) is 25.5 Å². The fourth-order valence-corrected chi connectivity index (χ4v) is 6.16. The van der Waals surface area contributed by atoms with Crippen LogP contribution < -0.4 is 9.62 Å². The van der Waals surface area contributed by atoms with E-state index in [-0.39, 0.29) is 42.4 Å². The molecule has 2 unspecified atom stereocenters. The van der Waals surface area contributed by atoms with E-state index in [1.807, 2.05) is 15.9 Å². The molecule has 2 atom stereocenters. The lowest BCUT2D eigenvalue weighted by atomic mass is 9.92. The van der Waals surface area contributed by atoms with Crippen LogP contribution in [0.4, 0.5) is 10.1 Å². The van der Waals surface area contributed by atoms with Gasteiger partial charge in [-0.05, 0) is 50.7 Å². The Hall–Kier alpha value is -1.75. The third kappa shape index (κ3) is 6.47. The van der Waals surface area contributed by atoms with Crippen molar-refractivity contribution < 1.29 is 27.1 Å². The number of anilines is 1. The molecule has 3 heterocycles. The molecule has 4 rings (SSSR count). The minimum absolute atomic E-state index is 0.0103. The number of nitrogens with zero attached hydrogens (tertiary/aromatic N) is 2. The fourth-order valence-electron chi connectivity index (χ4n) is 5.33. The van der Waals surface area contributed by atoms with Crippen molar-refractivity contribution in [3.63, 3.8) is 0 Å². The highest BCUT2D eigenvalue weighted by molar-refractivity contribution is 7.88. The number of carbonyl (C=O) groups is 1. The summed E-state index contributed by atoms with van der Waals surface area (Å²) >= 11 is 0. The van der Waals surface area contributed by atoms with Gasteiger partial charge in [0.2, 0.25) is 15.9 Å². The van der Waals surface area contributed by atoms with E-state index in [4.69, 9.17) is 9.47 Å². The van der Waals surface area contributed by atoms with Crippen LogP contribution in [-0.2, 0) is 24.3 Å². The second kappa shape index (κ2) is 11.3. The Bertz CT molecular complexity index is 932. The maximum Gasteiger partial charge on any atom is 0.226 e. The van der Waals surface area contributed by atoms with Gasteiger partial charge in [0.15, 0.2) is 0 Å². The van der Waals surface area contributed by atoms with Crippen LogP contribution in [0.15, 0.2) is 24.3 Å². The highest BCUT2D eigenvalue weighted by Gasteiger charge is 2.39. The van der Waals surface area contributed by atoms with Crippen molar-refractivity contribution in [2.75, 3.05) is 50.6 Å². The molecule has 1 N–H and O–H groups in total. The molecule has 0 spiro atoms. The molecule has 3 aliphatic heterocycles. The second-order valence-electron chi connectivity index (χ2n) is 9.60. The largest absolute Gasteiger partial charge is 0.381 e. The molecule has 10 heteroatoms. The van der Waals surface area contributed by atoms with Crippen LogP contribution in [0.5, 0.6) is 0 Å². The van der Waals surface area contributed by atoms with Gasteiger partial charge in [-0.25, -0.2) is 17.5 Å². The van der Waals surface area contributed by atoms with E-state index in [9.17, 15) is 17.6 Å². The average molecular weight is 498 g/mol.